The topological polar surface area (TPSA) is 183 Å². The Bertz CT molecular complexity index is 1140. The van der Waals surface area contributed by atoms with Gasteiger partial charge < -0.3 is 29.9 Å². The molecule has 12 nitrogen and oxygen atoms in total. The number of benzene rings is 1. The molecule has 4 rings (SSSR count). The first kappa shape index (κ1) is 23.0. The number of rotatable bonds is 5. The number of ether oxygens (including phenoxy) is 1. The van der Waals surface area contributed by atoms with Crippen LogP contribution < -0.4 is 34.9 Å². The Morgan fingerprint density at radius 1 is 1.13 bits per heavy atom. The molecule has 4 atom stereocenters. The van der Waals surface area contributed by atoms with Crippen molar-refractivity contribution in [2.24, 2.45) is 0 Å². The van der Waals surface area contributed by atoms with Gasteiger partial charge in [0.25, 0.3) is 0 Å². The minimum atomic E-state index is -4.54. The molecule has 154 valence electrons. The summed E-state index contributed by atoms with van der Waals surface area (Å²) in [5.41, 5.74) is 1.08. The molecule has 4 N–H and O–H groups in total. The Morgan fingerprint density at radius 3 is 2.43 bits per heavy atom. The normalized spacial score (nSPS) is 24.0. The fourth-order valence-electron chi connectivity index (χ4n) is 3.08. The number of nitrogens with one attached hydrogen (secondary N) is 1. The maximum absolute atomic E-state index is 11.0. The van der Waals surface area contributed by atoms with Crippen molar-refractivity contribution in [1.82, 2.24) is 19.5 Å². The summed E-state index contributed by atoms with van der Waals surface area (Å²) in [5, 5.41) is 32.4. The molecule has 1 saturated heterocycles. The van der Waals surface area contributed by atoms with E-state index in [1.54, 1.807) is 0 Å². The summed E-state index contributed by atoms with van der Waals surface area (Å²) >= 11 is 0. The number of aliphatic hydroxyl groups is 3. The van der Waals surface area contributed by atoms with Crippen LogP contribution >= 0.6 is 0 Å². The summed E-state index contributed by atoms with van der Waals surface area (Å²) in [5.74, 6) is 0.290. The summed E-state index contributed by atoms with van der Waals surface area (Å²) in [4.78, 5) is 12.1. The van der Waals surface area contributed by atoms with Crippen molar-refractivity contribution in [1.29, 1.82) is 0 Å². The van der Waals surface area contributed by atoms with Crippen LogP contribution in [0.15, 0.2) is 41.8 Å². The van der Waals surface area contributed by atoms with Gasteiger partial charge in [-0.1, -0.05) is 0 Å². The molecule has 0 spiro atoms. The average Bonchev–Trinajstić information content (AvgIpc) is 3.24. The second kappa shape index (κ2) is 8.82. The first-order valence-electron chi connectivity index (χ1n) is 8.42. The van der Waals surface area contributed by atoms with Crippen LogP contribution in [0.2, 0.25) is 0 Å². The number of fused-ring (bicyclic) bond motifs is 1. The molecule has 0 unspecified atom stereocenters. The average molecular weight is 445 g/mol. The first-order valence-corrected chi connectivity index (χ1v) is 9.83. The molecule has 3 heterocycles. The van der Waals surface area contributed by atoms with E-state index in [1.165, 1.54) is 41.5 Å². The molecule has 1 aliphatic heterocycles. The summed E-state index contributed by atoms with van der Waals surface area (Å²) in [6, 6.07) is 5.14. The van der Waals surface area contributed by atoms with Gasteiger partial charge in [0.1, 0.15) is 34.8 Å². The van der Waals surface area contributed by atoms with Crippen LogP contribution in [0.25, 0.3) is 11.2 Å². The molecular weight excluding hydrogens is 429 g/mol. The van der Waals surface area contributed by atoms with Gasteiger partial charge in [0, 0.05) is 5.69 Å². The zero-order valence-corrected chi connectivity index (χ0v) is 18.5. The van der Waals surface area contributed by atoms with E-state index >= 15 is 0 Å². The molecule has 0 saturated carbocycles. The first-order chi connectivity index (χ1) is 13.8. The van der Waals surface area contributed by atoms with E-state index < -0.39 is 41.3 Å². The van der Waals surface area contributed by atoms with Crippen molar-refractivity contribution in [3.8, 4) is 0 Å². The van der Waals surface area contributed by atoms with Crippen LogP contribution in [0, 0.1) is 0 Å². The molecule has 0 aliphatic carbocycles. The third-order valence-electron chi connectivity index (χ3n) is 4.56. The second-order valence-electron chi connectivity index (χ2n) is 6.38. The van der Waals surface area contributed by atoms with Gasteiger partial charge in [-0.15, -0.1) is 0 Å². The predicted molar refractivity (Wildman–Crippen MR) is 96.0 cm³/mol. The number of hydrogen-bond acceptors (Lipinski definition) is 11. The molecule has 0 amide bonds. The maximum atomic E-state index is 11.0. The Morgan fingerprint density at radius 2 is 1.83 bits per heavy atom. The fraction of sp³-hybridized carbons (Fsp3) is 0.312. The van der Waals surface area contributed by atoms with E-state index in [9.17, 15) is 28.3 Å². The van der Waals surface area contributed by atoms with Gasteiger partial charge in [0.2, 0.25) is 0 Å². The molecule has 0 bridgehead atoms. The molecule has 14 heteroatoms. The Balaban J connectivity index is 0.00000256. The van der Waals surface area contributed by atoms with E-state index in [-0.39, 0.29) is 34.5 Å². The van der Waals surface area contributed by atoms with Crippen molar-refractivity contribution in [2.75, 3.05) is 11.9 Å². The summed E-state index contributed by atoms with van der Waals surface area (Å²) < 4.78 is 40.0. The zero-order chi connectivity index (χ0) is 20.8. The molecule has 1 aromatic carbocycles. The summed E-state index contributed by atoms with van der Waals surface area (Å²) in [7, 11) is -4.54. The Kier molecular flexibility index (Phi) is 6.76. The third kappa shape index (κ3) is 4.21. The molecule has 3 aromatic rings. The second-order valence-corrected chi connectivity index (χ2v) is 7.76. The summed E-state index contributed by atoms with van der Waals surface area (Å²) in [6.07, 6.45) is -1.90. The largest absolute Gasteiger partial charge is 1.00 e. The molecule has 0 radical (unpaired) electrons. The molecule has 30 heavy (non-hydrogen) atoms. The van der Waals surface area contributed by atoms with E-state index in [0.29, 0.717) is 22.7 Å². The minimum Gasteiger partial charge on any atom is -0.744 e. The van der Waals surface area contributed by atoms with E-state index in [2.05, 4.69) is 20.3 Å². The van der Waals surface area contributed by atoms with E-state index in [4.69, 9.17) is 4.74 Å². The quantitative estimate of drug-likeness (QED) is 0.222. The van der Waals surface area contributed by atoms with Crippen LogP contribution in [-0.2, 0) is 14.9 Å². The Labute approximate surface area is 192 Å². The van der Waals surface area contributed by atoms with Gasteiger partial charge in [-0.2, -0.15) is 0 Å². The number of aromatic nitrogens is 4. The van der Waals surface area contributed by atoms with Crippen LogP contribution in [0.5, 0.6) is 0 Å². The van der Waals surface area contributed by atoms with Crippen molar-refractivity contribution in [3.05, 3.63) is 36.9 Å². The van der Waals surface area contributed by atoms with Gasteiger partial charge in [0.05, 0.1) is 17.8 Å². The molecule has 2 aromatic heterocycles. The molecular formula is C16H16N5NaO7S. The standard InChI is InChI=1S/C16H17N5O7S.Na/c22-5-10-12(23)13(24)16(28-10)21-7-19-11-14(17-6-18-15(11)21)20-8-1-3-9(4-2-8)29(25,26)27;/h1-4,6-7,10,12-13,16,22-24H,5H2,(H,17,18,20)(H,25,26,27);/q;+1/p-1/t10-,12-,13-,16-;/m1./s1. The predicted octanol–water partition coefficient (Wildman–Crippen LogP) is -3.91. The molecule has 1 fully saturated rings. The fourth-order valence-corrected chi connectivity index (χ4v) is 3.55. The van der Waals surface area contributed by atoms with Crippen LogP contribution in [-0.4, -0.2) is 72.7 Å². The third-order valence-corrected chi connectivity index (χ3v) is 5.41. The van der Waals surface area contributed by atoms with Crippen molar-refractivity contribution in [2.45, 2.75) is 29.4 Å². The smallest absolute Gasteiger partial charge is 0.744 e. The van der Waals surface area contributed by atoms with Crippen molar-refractivity contribution >= 4 is 32.8 Å². The van der Waals surface area contributed by atoms with E-state index in [0.717, 1.165) is 0 Å². The van der Waals surface area contributed by atoms with Crippen LogP contribution in [0.4, 0.5) is 11.5 Å². The van der Waals surface area contributed by atoms with Crippen LogP contribution in [0.3, 0.4) is 0 Å². The van der Waals surface area contributed by atoms with E-state index in [1.807, 2.05) is 0 Å². The van der Waals surface area contributed by atoms with Gasteiger partial charge >= 0.3 is 29.6 Å². The van der Waals surface area contributed by atoms with Gasteiger partial charge in [-0.3, -0.25) is 4.57 Å². The number of imidazole rings is 1. The van der Waals surface area contributed by atoms with Crippen molar-refractivity contribution in [3.63, 3.8) is 0 Å². The van der Waals surface area contributed by atoms with Crippen LogP contribution in [0.1, 0.15) is 6.23 Å². The monoisotopic (exact) mass is 445 g/mol. The van der Waals surface area contributed by atoms with Crippen molar-refractivity contribution < 1.29 is 62.6 Å². The van der Waals surface area contributed by atoms with Gasteiger partial charge in [0.15, 0.2) is 23.2 Å². The SMILES string of the molecule is O=S(=O)([O-])c1ccc(Nc2ncnc3c2ncn3[C@@H]2O[C@H](CO)[C@@H](O)[C@H]2O)cc1.[Na+]. The zero-order valence-electron chi connectivity index (χ0n) is 15.7. The number of nitrogens with zero attached hydrogens (tertiary/aromatic N) is 4. The van der Waals surface area contributed by atoms with Gasteiger partial charge in [-0.05, 0) is 24.3 Å². The number of anilines is 2. The Hall–Kier alpha value is -1.68. The van der Waals surface area contributed by atoms with Gasteiger partial charge in [-0.25, -0.2) is 23.4 Å². The number of aliphatic hydroxyl groups excluding tert-OH is 3. The maximum Gasteiger partial charge on any atom is 1.00 e. The number of hydrogen-bond donors (Lipinski definition) is 4. The minimum absolute atomic E-state index is 0. The molecule has 1 aliphatic rings. The summed E-state index contributed by atoms with van der Waals surface area (Å²) in [6.45, 7) is -0.460.